The van der Waals surface area contributed by atoms with Crippen LogP contribution in [0.4, 0.5) is 5.69 Å². The number of aryl methyl sites for hydroxylation is 1. The zero-order valence-corrected chi connectivity index (χ0v) is 20.4. The molecule has 32 heavy (non-hydrogen) atoms. The first-order valence-corrected chi connectivity index (χ1v) is 12.5. The van der Waals surface area contributed by atoms with Crippen LogP contribution in [0.15, 0.2) is 53.9 Å². The number of hydrogen-bond donors (Lipinski definition) is 3. The van der Waals surface area contributed by atoms with Gasteiger partial charge in [-0.05, 0) is 36.6 Å². The molecule has 0 fully saturated rings. The summed E-state index contributed by atoms with van der Waals surface area (Å²) < 4.78 is 24.1. The van der Waals surface area contributed by atoms with E-state index >= 15 is 0 Å². The van der Waals surface area contributed by atoms with E-state index in [9.17, 15) is 13.2 Å². The number of thiol groups is 1. The Morgan fingerprint density at radius 3 is 2.44 bits per heavy atom. The van der Waals surface area contributed by atoms with Crippen molar-refractivity contribution in [2.75, 3.05) is 4.72 Å². The summed E-state index contributed by atoms with van der Waals surface area (Å²) in [6.07, 6.45) is 1.30. The van der Waals surface area contributed by atoms with Gasteiger partial charge in [-0.3, -0.25) is 9.52 Å². The average molecular weight is 472 g/mol. The van der Waals surface area contributed by atoms with E-state index in [2.05, 4.69) is 35.2 Å². The molecule has 170 valence electrons. The molecule has 1 atom stereocenters. The molecule has 0 aliphatic heterocycles. The second-order valence-electron chi connectivity index (χ2n) is 8.89. The molecular weight excluding hydrogens is 442 g/mol. The fourth-order valence-electron chi connectivity index (χ4n) is 3.23. The molecule has 1 aromatic heterocycles. The number of amides is 1. The minimum absolute atomic E-state index is 0.0421. The van der Waals surface area contributed by atoms with E-state index in [0.29, 0.717) is 12.1 Å². The van der Waals surface area contributed by atoms with Gasteiger partial charge in [0.2, 0.25) is 16.8 Å². The Kier molecular flexibility index (Phi) is 7.69. The molecular formula is C24H29N3O3S2. The van der Waals surface area contributed by atoms with Crippen molar-refractivity contribution in [3.8, 4) is 0 Å². The predicted molar refractivity (Wildman–Crippen MR) is 131 cm³/mol. The van der Waals surface area contributed by atoms with Crippen molar-refractivity contribution in [2.45, 2.75) is 46.6 Å². The van der Waals surface area contributed by atoms with Crippen molar-refractivity contribution in [2.24, 2.45) is 5.41 Å². The number of hydrogen-bond acceptors (Lipinski definition) is 5. The van der Waals surface area contributed by atoms with Gasteiger partial charge in [-0.2, -0.15) is 0 Å². The van der Waals surface area contributed by atoms with Crippen LogP contribution < -0.4 is 10.0 Å². The van der Waals surface area contributed by atoms with Crippen molar-refractivity contribution in [1.82, 2.24) is 10.3 Å². The standard InChI is InChI=1S/C24H29N3O3S2/c1-16-6-5-7-18(12-16)13-20-15-31-22(25-20)21(26-23(28)24(2,3)4)14-17-8-10-19(11-9-17)27-32(29)30/h5-12,15,21,32H,13-14H2,1-4H3,(H,26,28)(H,27,29,30)/t21-/m0/s1. The van der Waals surface area contributed by atoms with Crippen molar-refractivity contribution >= 4 is 33.8 Å². The zero-order valence-electron chi connectivity index (χ0n) is 18.7. The van der Waals surface area contributed by atoms with E-state index in [1.807, 2.05) is 44.4 Å². The second kappa shape index (κ2) is 10.3. The number of anilines is 1. The van der Waals surface area contributed by atoms with Crippen LogP contribution >= 0.6 is 11.3 Å². The molecule has 1 heterocycles. The summed E-state index contributed by atoms with van der Waals surface area (Å²) in [5.41, 5.74) is 4.36. The summed E-state index contributed by atoms with van der Waals surface area (Å²) in [6.45, 7) is 7.73. The van der Waals surface area contributed by atoms with E-state index in [1.54, 1.807) is 23.5 Å². The normalized spacial score (nSPS) is 12.5. The van der Waals surface area contributed by atoms with Crippen molar-refractivity contribution in [3.05, 3.63) is 81.3 Å². The van der Waals surface area contributed by atoms with Crippen LogP contribution in [0.1, 0.15) is 54.2 Å². The van der Waals surface area contributed by atoms with Gasteiger partial charge in [-0.15, -0.1) is 11.3 Å². The molecule has 2 N–H and O–H groups in total. The van der Waals surface area contributed by atoms with E-state index in [0.717, 1.165) is 22.7 Å². The lowest BCUT2D eigenvalue weighted by Gasteiger charge is -2.23. The molecule has 0 saturated heterocycles. The van der Waals surface area contributed by atoms with Gasteiger partial charge in [0.25, 0.3) is 0 Å². The Morgan fingerprint density at radius 2 is 1.81 bits per heavy atom. The van der Waals surface area contributed by atoms with Gasteiger partial charge in [0.1, 0.15) is 5.01 Å². The van der Waals surface area contributed by atoms with Gasteiger partial charge >= 0.3 is 0 Å². The highest BCUT2D eigenvalue weighted by atomic mass is 32.2. The number of nitrogens with one attached hydrogen (secondary N) is 2. The van der Waals surface area contributed by atoms with Crippen LogP contribution in [0.5, 0.6) is 0 Å². The monoisotopic (exact) mass is 471 g/mol. The smallest absolute Gasteiger partial charge is 0.225 e. The first-order chi connectivity index (χ1) is 15.1. The van der Waals surface area contributed by atoms with Crippen LogP contribution in [-0.2, 0) is 28.5 Å². The average Bonchev–Trinajstić information content (AvgIpc) is 3.16. The van der Waals surface area contributed by atoms with Gasteiger partial charge in [0, 0.05) is 22.9 Å². The molecule has 0 unspecified atom stereocenters. The Balaban J connectivity index is 1.81. The molecule has 8 heteroatoms. The first-order valence-electron chi connectivity index (χ1n) is 10.4. The lowest BCUT2D eigenvalue weighted by atomic mass is 9.94. The molecule has 2 aromatic carbocycles. The SMILES string of the molecule is Cc1cccc(Cc2csc([C@H](Cc3ccc(N[SH](=O)=O)cc3)NC(=O)C(C)(C)C)n2)c1. The molecule has 0 saturated carbocycles. The van der Waals surface area contributed by atoms with Crippen LogP contribution in [0.3, 0.4) is 0 Å². The number of rotatable bonds is 8. The molecule has 0 radical (unpaired) electrons. The molecule has 0 bridgehead atoms. The maximum atomic E-state index is 12.7. The summed E-state index contributed by atoms with van der Waals surface area (Å²) in [6, 6.07) is 15.3. The third kappa shape index (κ3) is 6.90. The number of carbonyl (C=O) groups excluding carboxylic acids is 1. The Bertz CT molecular complexity index is 1140. The topological polar surface area (TPSA) is 88.2 Å². The van der Waals surface area contributed by atoms with Gasteiger partial charge in [0.15, 0.2) is 0 Å². The molecule has 3 aromatic rings. The maximum Gasteiger partial charge on any atom is 0.225 e. The van der Waals surface area contributed by atoms with E-state index < -0.39 is 16.3 Å². The first kappa shape index (κ1) is 23.9. The minimum Gasteiger partial charge on any atom is -0.346 e. The molecule has 3 rings (SSSR count). The van der Waals surface area contributed by atoms with Gasteiger partial charge < -0.3 is 5.32 Å². The van der Waals surface area contributed by atoms with Crippen LogP contribution in [0, 0.1) is 12.3 Å². The predicted octanol–water partition coefficient (Wildman–Crippen LogP) is 4.43. The largest absolute Gasteiger partial charge is 0.346 e. The highest BCUT2D eigenvalue weighted by Gasteiger charge is 2.26. The highest BCUT2D eigenvalue weighted by molar-refractivity contribution is 7.73. The quantitative estimate of drug-likeness (QED) is 0.424. The summed E-state index contributed by atoms with van der Waals surface area (Å²) in [4.78, 5) is 17.6. The van der Waals surface area contributed by atoms with Crippen LogP contribution in [0.25, 0.3) is 0 Å². The van der Waals surface area contributed by atoms with E-state index in [-0.39, 0.29) is 11.9 Å². The molecule has 1 amide bonds. The second-order valence-corrected chi connectivity index (χ2v) is 10.5. The third-order valence-electron chi connectivity index (χ3n) is 4.94. The summed E-state index contributed by atoms with van der Waals surface area (Å²) in [7, 11) is -2.70. The lowest BCUT2D eigenvalue weighted by Crippen LogP contribution is -2.38. The lowest BCUT2D eigenvalue weighted by molar-refractivity contribution is -0.129. The summed E-state index contributed by atoms with van der Waals surface area (Å²) in [5.74, 6) is -0.0421. The number of benzene rings is 2. The molecule has 0 spiro atoms. The molecule has 0 aliphatic carbocycles. The highest BCUT2D eigenvalue weighted by Crippen LogP contribution is 2.26. The third-order valence-corrected chi connectivity index (χ3v) is 6.38. The number of nitrogens with zero attached hydrogens (tertiary/aromatic N) is 1. The van der Waals surface area contributed by atoms with Crippen molar-refractivity contribution < 1.29 is 13.2 Å². The Morgan fingerprint density at radius 1 is 1.09 bits per heavy atom. The van der Waals surface area contributed by atoms with Crippen molar-refractivity contribution in [1.29, 1.82) is 0 Å². The Labute approximate surface area is 195 Å². The van der Waals surface area contributed by atoms with E-state index in [4.69, 9.17) is 4.98 Å². The fourth-order valence-corrected chi connectivity index (χ4v) is 4.46. The maximum absolute atomic E-state index is 12.7. The van der Waals surface area contributed by atoms with Gasteiger partial charge in [-0.25, -0.2) is 13.4 Å². The number of carbonyl (C=O) groups is 1. The van der Waals surface area contributed by atoms with Gasteiger partial charge in [-0.1, -0.05) is 62.7 Å². The molecule has 0 aliphatic rings. The minimum atomic E-state index is -2.70. The Hall–Kier alpha value is -2.71. The van der Waals surface area contributed by atoms with Crippen LogP contribution in [-0.4, -0.2) is 19.3 Å². The van der Waals surface area contributed by atoms with Crippen LogP contribution in [0.2, 0.25) is 0 Å². The number of thiazole rings is 1. The fraction of sp³-hybridized carbons (Fsp3) is 0.333. The van der Waals surface area contributed by atoms with Crippen molar-refractivity contribution in [3.63, 3.8) is 0 Å². The summed E-state index contributed by atoms with van der Waals surface area (Å²) in [5, 5.41) is 6.06. The summed E-state index contributed by atoms with van der Waals surface area (Å²) >= 11 is 1.55. The number of aromatic nitrogens is 1. The van der Waals surface area contributed by atoms with E-state index in [1.165, 1.54) is 11.1 Å². The zero-order chi connectivity index (χ0) is 23.3. The van der Waals surface area contributed by atoms with Gasteiger partial charge in [0.05, 0.1) is 11.7 Å². The molecule has 6 nitrogen and oxygen atoms in total.